The number of ether oxygens (including phenoxy) is 2. The van der Waals surface area contributed by atoms with Crippen LogP contribution in [0.4, 0.5) is 52.7 Å². The van der Waals surface area contributed by atoms with E-state index in [2.05, 4.69) is 29.9 Å². The molecule has 0 aliphatic heterocycles. The fourth-order valence-electron chi connectivity index (χ4n) is 9.39. The van der Waals surface area contributed by atoms with Crippen molar-refractivity contribution in [3.8, 4) is 23.3 Å². The lowest BCUT2D eigenvalue weighted by Crippen LogP contribution is -2.30. The topological polar surface area (TPSA) is 180 Å². The second kappa shape index (κ2) is 26.2. The molecule has 0 atom stereocenters. The van der Waals surface area contributed by atoms with Crippen molar-refractivity contribution < 1.29 is 72.2 Å². The number of hydrogen-bond acceptors (Lipinski definition) is 12. The van der Waals surface area contributed by atoms with E-state index in [1.807, 2.05) is 24.3 Å². The highest BCUT2D eigenvalue weighted by Crippen LogP contribution is 2.40. The van der Waals surface area contributed by atoms with Crippen LogP contribution in [0.2, 0.25) is 0 Å². The summed E-state index contributed by atoms with van der Waals surface area (Å²) in [6.45, 7) is -0.864. The summed E-state index contributed by atoms with van der Waals surface area (Å²) in [4.78, 5) is 48.1. The van der Waals surface area contributed by atoms with Gasteiger partial charge < -0.3 is 28.7 Å². The Bertz CT molecular complexity index is 4770. The van der Waals surface area contributed by atoms with Gasteiger partial charge in [0.15, 0.2) is 0 Å². The fraction of sp³-hybridized carbons (Fsp3) is 0.0968. The molecule has 14 nitrogen and oxygen atoms in total. The first-order valence-electron chi connectivity index (χ1n) is 26.2. The highest BCUT2D eigenvalue weighted by Gasteiger charge is 2.37. The zero-order chi connectivity index (χ0) is 64.2. The first-order chi connectivity index (χ1) is 42.9. The molecule has 456 valence electrons. The van der Waals surface area contributed by atoms with E-state index < -0.39 is 113 Å². The summed E-state index contributed by atoms with van der Waals surface area (Å²) in [6, 6.07) is 29.2. The summed E-state index contributed by atoms with van der Waals surface area (Å²) in [5.41, 5.74) is -1.21. The van der Waals surface area contributed by atoms with E-state index in [1.54, 1.807) is 48.8 Å². The number of pyridine rings is 4. The molecule has 0 radical (unpaired) electrons. The lowest BCUT2D eigenvalue weighted by molar-refractivity contribution is -0.139. The maximum Gasteiger partial charge on any atom is 0.489 e. The van der Waals surface area contributed by atoms with Crippen LogP contribution < -0.4 is 26.1 Å². The number of fused-ring (bicyclic) bond motifs is 4. The second-order valence-electron chi connectivity index (χ2n) is 19.6. The van der Waals surface area contributed by atoms with Crippen molar-refractivity contribution in [3.63, 3.8) is 0 Å². The van der Waals surface area contributed by atoms with Gasteiger partial charge in [0.2, 0.25) is 11.8 Å². The van der Waals surface area contributed by atoms with Crippen molar-refractivity contribution in [2.45, 2.75) is 37.7 Å². The third kappa shape index (κ3) is 14.2. The minimum Gasteiger partial charge on any atom is -0.438 e. The predicted octanol–water partition coefficient (Wildman–Crippen LogP) is 12.9. The number of alkyl halides is 7. The van der Waals surface area contributed by atoms with Gasteiger partial charge in [0.1, 0.15) is 57.5 Å². The Hall–Kier alpha value is -10.2. The molecule has 0 spiro atoms. The molecule has 6 aromatic carbocycles. The molecular weight excluding hydrogens is 1230 g/mol. The molecule has 12 aromatic rings. The molecule has 90 heavy (non-hydrogen) atoms. The largest absolute Gasteiger partial charge is 0.489 e. The summed E-state index contributed by atoms with van der Waals surface area (Å²) in [6.07, 6.45) is -1.62. The zero-order valence-corrected chi connectivity index (χ0v) is 46.3. The van der Waals surface area contributed by atoms with E-state index in [4.69, 9.17) is 31.1 Å². The lowest BCUT2D eigenvalue weighted by Gasteiger charge is -2.16. The number of hydrogen-bond donors (Lipinski definition) is 2. The Kier molecular flexibility index (Phi) is 18.3. The minimum atomic E-state index is -4.81. The van der Waals surface area contributed by atoms with Gasteiger partial charge in [-0.15, -0.1) is 11.6 Å². The Morgan fingerprint density at radius 2 is 0.933 bits per heavy atom. The smallest absolute Gasteiger partial charge is 0.438 e. The molecule has 0 aliphatic rings. The third-order valence-corrected chi connectivity index (χ3v) is 13.9. The van der Waals surface area contributed by atoms with Gasteiger partial charge in [-0.1, -0.05) is 36.4 Å². The van der Waals surface area contributed by atoms with Crippen molar-refractivity contribution >= 4 is 67.8 Å². The summed E-state index contributed by atoms with van der Waals surface area (Å²) >= 11 is 5.59. The van der Waals surface area contributed by atoms with Gasteiger partial charge >= 0.3 is 19.5 Å². The van der Waals surface area contributed by atoms with Gasteiger partial charge in [-0.3, -0.25) is 19.6 Å². The Morgan fingerprint density at radius 3 is 1.40 bits per heavy atom. The van der Waals surface area contributed by atoms with Gasteiger partial charge in [0, 0.05) is 71.4 Å². The highest BCUT2D eigenvalue weighted by molar-refractivity contribution is 6.61. The number of aromatic nitrogens is 8. The summed E-state index contributed by atoms with van der Waals surface area (Å²) in [5, 5.41) is 19.5. The number of nitrogens with zero attached hydrogens (tertiary/aromatic N) is 8. The van der Waals surface area contributed by atoms with Crippen LogP contribution in [0.5, 0.6) is 23.3 Å². The van der Waals surface area contributed by atoms with Crippen molar-refractivity contribution in [1.29, 1.82) is 0 Å². The Morgan fingerprint density at radius 1 is 0.489 bits per heavy atom. The number of halogens is 13. The van der Waals surface area contributed by atoms with E-state index >= 15 is 0 Å². The maximum absolute atomic E-state index is 14.2. The lowest BCUT2D eigenvalue weighted by atomic mass is 9.78. The average molecular weight is 1270 g/mol. The third-order valence-electron chi connectivity index (χ3n) is 13.6. The molecule has 12 rings (SSSR count). The maximum atomic E-state index is 14.2. The first-order valence-corrected chi connectivity index (χ1v) is 26.8. The van der Waals surface area contributed by atoms with Crippen LogP contribution in [0.3, 0.4) is 0 Å². The molecule has 6 heterocycles. The molecule has 0 bridgehead atoms. The van der Waals surface area contributed by atoms with Crippen LogP contribution in [-0.4, -0.2) is 56.2 Å². The average Bonchev–Trinajstić information content (AvgIpc) is 1.21. The molecular formula is C62H38BClF12N8O6. The summed E-state index contributed by atoms with van der Waals surface area (Å²) < 4.78 is 179. The van der Waals surface area contributed by atoms with Crippen LogP contribution in [0, 0.1) is 34.9 Å². The quantitative estimate of drug-likeness (QED) is 0.0672. The van der Waals surface area contributed by atoms with E-state index in [-0.39, 0.29) is 51.2 Å². The SMILES string of the molecule is O=c1ncn(Cc2c(F)cc(F)cc2F)c2ccc(Oc3ncc(CCl)cc3C(F)(F)F)cc12.O=c1ncn(Cc2c(F)cc(F)cc2F)c2ccc(Oc3ncc(Cc4cccc5ncccc45)cc3C(F)(F)F)cc12.OB(O)c1cccc2ncccc12. The van der Waals surface area contributed by atoms with Gasteiger partial charge in [-0.2, -0.15) is 36.3 Å². The molecule has 0 saturated carbocycles. The number of rotatable bonds is 12. The molecule has 0 aliphatic carbocycles. The second-order valence-corrected chi connectivity index (χ2v) is 19.9. The standard InChI is InChI=1S/C31H18F6N4O2.C22H12ClF6N3O2.C9H8BNO2/c32-19-11-25(33)23(26(34)12-19)15-41-16-40-29(42)22-13-20(6-7-28(22)41)43-30-24(31(35,36)37)10-17(14-39-30)9-18-3-1-5-27-21(18)4-2-8-38-27;23-7-11-3-16(22(27,28)29)21(30-8-11)34-13-1-2-19-14(6-13)20(33)31-10-32(19)9-15-17(25)4-12(24)5-18(15)26;12-10(13)8-4-1-5-9-7(8)3-2-6-11-9/h1-8,10-14,16H,9,15H2;1-6,8,10H,7,9H2;1-6,12-13H. The normalized spacial score (nSPS) is 11.5. The molecule has 0 amide bonds. The van der Waals surface area contributed by atoms with Crippen molar-refractivity contribution in [2.75, 3.05) is 0 Å². The minimum absolute atomic E-state index is 0.0855. The van der Waals surface area contributed by atoms with Crippen LogP contribution in [-0.2, 0) is 37.7 Å². The monoisotopic (exact) mass is 1260 g/mol. The van der Waals surface area contributed by atoms with E-state index in [0.29, 0.717) is 40.8 Å². The molecule has 2 N–H and O–H groups in total. The van der Waals surface area contributed by atoms with Gasteiger partial charge in [0.25, 0.3) is 11.1 Å². The van der Waals surface area contributed by atoms with E-state index in [0.717, 1.165) is 65.0 Å². The predicted molar refractivity (Wildman–Crippen MR) is 307 cm³/mol. The van der Waals surface area contributed by atoms with Crippen LogP contribution >= 0.6 is 11.6 Å². The van der Waals surface area contributed by atoms with Crippen molar-refractivity contribution in [1.82, 2.24) is 39.0 Å². The fourth-order valence-corrected chi connectivity index (χ4v) is 9.54. The van der Waals surface area contributed by atoms with Crippen LogP contribution in [0.1, 0.15) is 38.9 Å². The van der Waals surface area contributed by atoms with E-state index in [9.17, 15) is 62.3 Å². The Balaban J connectivity index is 0.000000168. The summed E-state index contributed by atoms with van der Waals surface area (Å²) in [7, 11) is -1.44. The van der Waals surface area contributed by atoms with E-state index in [1.165, 1.54) is 39.6 Å². The van der Waals surface area contributed by atoms with Gasteiger partial charge in [-0.05, 0) is 107 Å². The Labute approximate surface area is 503 Å². The number of benzene rings is 6. The summed E-state index contributed by atoms with van der Waals surface area (Å²) in [5.74, 6) is -8.66. The van der Waals surface area contributed by atoms with Crippen LogP contribution in [0.15, 0.2) is 180 Å². The molecule has 6 aromatic heterocycles. The van der Waals surface area contributed by atoms with Crippen molar-refractivity contribution in [3.05, 3.63) is 265 Å². The van der Waals surface area contributed by atoms with Gasteiger partial charge in [0.05, 0.1) is 58.6 Å². The zero-order valence-electron chi connectivity index (χ0n) is 45.6. The van der Waals surface area contributed by atoms with Crippen LogP contribution in [0.25, 0.3) is 43.6 Å². The molecule has 0 unspecified atom stereocenters. The molecule has 0 saturated heterocycles. The highest BCUT2D eigenvalue weighted by atomic mass is 35.5. The molecule has 28 heteroatoms. The first kappa shape index (κ1) is 62.8. The molecule has 0 fully saturated rings. The van der Waals surface area contributed by atoms with Crippen molar-refractivity contribution in [2.24, 2.45) is 0 Å². The van der Waals surface area contributed by atoms with Gasteiger partial charge in [-0.25, -0.2) is 36.3 Å².